The average Bonchev–Trinajstić information content (AvgIpc) is 2.47. The van der Waals surface area contributed by atoms with Crippen molar-refractivity contribution < 1.29 is 5.11 Å². The van der Waals surface area contributed by atoms with Crippen LogP contribution in [0.25, 0.3) is 10.9 Å². The molecule has 1 aromatic heterocycles. The van der Waals surface area contributed by atoms with Crippen LogP contribution in [0.4, 0.5) is 5.69 Å². The van der Waals surface area contributed by atoms with Crippen molar-refractivity contribution in [3.05, 3.63) is 36.0 Å². The summed E-state index contributed by atoms with van der Waals surface area (Å²) in [6, 6.07) is 8.47. The number of hydrogen-bond acceptors (Lipinski definition) is 4. The molecule has 0 spiro atoms. The van der Waals surface area contributed by atoms with E-state index < -0.39 is 0 Å². The Morgan fingerprint density at radius 3 is 2.70 bits per heavy atom. The van der Waals surface area contributed by atoms with Crippen LogP contribution in [-0.4, -0.2) is 29.3 Å². The van der Waals surface area contributed by atoms with Crippen LogP contribution < -0.4 is 10.6 Å². The molecule has 1 heterocycles. The van der Waals surface area contributed by atoms with Gasteiger partial charge in [0.2, 0.25) is 0 Å². The van der Waals surface area contributed by atoms with Crippen LogP contribution in [0.15, 0.2) is 30.5 Å². The number of nitrogens with zero attached hydrogens (tertiary/aromatic N) is 2. The summed E-state index contributed by atoms with van der Waals surface area (Å²) in [5, 5.41) is 10.2. The maximum atomic E-state index is 9.12. The quantitative estimate of drug-likeness (QED) is 0.847. The van der Waals surface area contributed by atoms with E-state index in [1.54, 1.807) is 0 Å². The van der Waals surface area contributed by atoms with E-state index in [4.69, 9.17) is 10.8 Å². The largest absolute Gasteiger partial charge is 0.396 e. The van der Waals surface area contributed by atoms with Crippen LogP contribution in [0.2, 0.25) is 0 Å². The molecule has 0 atom stereocenters. The van der Waals surface area contributed by atoms with E-state index >= 15 is 0 Å². The van der Waals surface area contributed by atoms with Gasteiger partial charge in [0, 0.05) is 42.9 Å². The first-order valence-electron chi connectivity index (χ1n) is 7.13. The Balaban J connectivity index is 2.58. The number of hydrogen-bond donors (Lipinski definition) is 2. The van der Waals surface area contributed by atoms with Crippen molar-refractivity contribution in [2.45, 2.75) is 32.9 Å². The monoisotopic (exact) mass is 273 g/mol. The zero-order valence-electron chi connectivity index (χ0n) is 12.2. The van der Waals surface area contributed by atoms with E-state index in [0.717, 1.165) is 35.1 Å². The Morgan fingerprint density at radius 1 is 1.30 bits per heavy atom. The summed E-state index contributed by atoms with van der Waals surface area (Å²) in [5.41, 5.74) is 9.08. The summed E-state index contributed by atoms with van der Waals surface area (Å²) in [5.74, 6) is 0. The molecule has 0 radical (unpaired) electrons. The fourth-order valence-corrected chi connectivity index (χ4v) is 2.53. The molecule has 4 nitrogen and oxygen atoms in total. The molecule has 2 aromatic rings. The van der Waals surface area contributed by atoms with Crippen molar-refractivity contribution in [2.24, 2.45) is 5.73 Å². The molecule has 1 aromatic carbocycles. The number of para-hydroxylation sites is 1. The number of pyridine rings is 1. The third kappa shape index (κ3) is 2.92. The second-order valence-electron chi connectivity index (χ2n) is 5.22. The Kier molecular flexibility index (Phi) is 4.93. The molecule has 0 bridgehead atoms. The summed E-state index contributed by atoms with van der Waals surface area (Å²) in [4.78, 5) is 6.79. The van der Waals surface area contributed by atoms with Gasteiger partial charge in [-0.15, -0.1) is 0 Å². The average molecular weight is 273 g/mol. The van der Waals surface area contributed by atoms with Gasteiger partial charge >= 0.3 is 0 Å². The Hall–Kier alpha value is -1.65. The SMILES string of the molecule is CC(C)N(CCCO)c1c(CN)cnc2ccccc12. The minimum atomic E-state index is 0.199. The number of aliphatic hydroxyl groups excluding tert-OH is 1. The van der Waals surface area contributed by atoms with Gasteiger partial charge in [-0.2, -0.15) is 0 Å². The zero-order valence-corrected chi connectivity index (χ0v) is 12.2. The second kappa shape index (κ2) is 6.68. The fraction of sp³-hybridized carbons (Fsp3) is 0.438. The number of nitrogens with two attached hydrogens (primary N) is 1. The summed E-state index contributed by atoms with van der Waals surface area (Å²) < 4.78 is 0. The van der Waals surface area contributed by atoms with E-state index in [-0.39, 0.29) is 6.61 Å². The Bertz CT molecular complexity index is 569. The lowest BCUT2D eigenvalue weighted by atomic mass is 10.1. The molecule has 0 fully saturated rings. The third-order valence-electron chi connectivity index (χ3n) is 3.51. The van der Waals surface area contributed by atoms with Gasteiger partial charge in [0.15, 0.2) is 0 Å². The zero-order chi connectivity index (χ0) is 14.5. The van der Waals surface area contributed by atoms with E-state index in [9.17, 15) is 0 Å². The molecule has 4 heteroatoms. The van der Waals surface area contributed by atoms with Crippen molar-refractivity contribution in [3.63, 3.8) is 0 Å². The first kappa shape index (κ1) is 14.8. The summed E-state index contributed by atoms with van der Waals surface area (Å²) >= 11 is 0. The number of fused-ring (bicyclic) bond motifs is 1. The van der Waals surface area contributed by atoms with Crippen molar-refractivity contribution >= 4 is 16.6 Å². The molecule has 0 amide bonds. The van der Waals surface area contributed by atoms with Gasteiger partial charge in [-0.25, -0.2) is 0 Å². The van der Waals surface area contributed by atoms with Gasteiger partial charge in [0.1, 0.15) is 0 Å². The third-order valence-corrected chi connectivity index (χ3v) is 3.51. The molecule has 20 heavy (non-hydrogen) atoms. The van der Waals surface area contributed by atoms with Crippen LogP contribution in [0.5, 0.6) is 0 Å². The summed E-state index contributed by atoms with van der Waals surface area (Å²) in [7, 11) is 0. The van der Waals surface area contributed by atoms with E-state index in [0.29, 0.717) is 12.6 Å². The lowest BCUT2D eigenvalue weighted by molar-refractivity contribution is 0.288. The molecule has 0 unspecified atom stereocenters. The lowest BCUT2D eigenvalue weighted by Gasteiger charge is -2.31. The molecule has 3 N–H and O–H groups in total. The molecular formula is C16H23N3O. The normalized spacial score (nSPS) is 11.2. The second-order valence-corrected chi connectivity index (χ2v) is 5.22. The van der Waals surface area contributed by atoms with Crippen LogP contribution in [-0.2, 0) is 6.54 Å². The first-order chi connectivity index (χ1) is 9.69. The smallest absolute Gasteiger partial charge is 0.0723 e. The van der Waals surface area contributed by atoms with E-state index in [2.05, 4.69) is 29.8 Å². The standard InChI is InChI=1S/C16H23N3O/c1-12(2)19(8-5-9-20)16-13(10-17)11-18-15-7-4-3-6-14(15)16/h3-4,6-7,11-12,20H,5,8-10,17H2,1-2H3. The Labute approximate surface area is 120 Å². The highest BCUT2D eigenvalue weighted by Gasteiger charge is 2.17. The highest BCUT2D eigenvalue weighted by molar-refractivity contribution is 5.93. The molecule has 2 rings (SSSR count). The summed E-state index contributed by atoms with van der Waals surface area (Å²) in [6.07, 6.45) is 2.62. The first-order valence-corrected chi connectivity index (χ1v) is 7.13. The van der Waals surface area contributed by atoms with Gasteiger partial charge in [-0.1, -0.05) is 18.2 Å². The highest BCUT2D eigenvalue weighted by atomic mass is 16.3. The Morgan fingerprint density at radius 2 is 2.05 bits per heavy atom. The fourth-order valence-electron chi connectivity index (χ4n) is 2.53. The van der Waals surface area contributed by atoms with E-state index in [1.165, 1.54) is 0 Å². The van der Waals surface area contributed by atoms with Gasteiger partial charge in [0.05, 0.1) is 11.2 Å². The number of aromatic nitrogens is 1. The molecule has 0 aliphatic heterocycles. The highest BCUT2D eigenvalue weighted by Crippen LogP contribution is 2.30. The maximum absolute atomic E-state index is 9.12. The molecule has 108 valence electrons. The van der Waals surface area contributed by atoms with Crippen LogP contribution >= 0.6 is 0 Å². The predicted molar refractivity (Wildman–Crippen MR) is 83.8 cm³/mol. The van der Waals surface area contributed by atoms with Gasteiger partial charge in [-0.05, 0) is 26.3 Å². The summed E-state index contributed by atoms with van der Waals surface area (Å²) in [6.45, 7) is 5.80. The molecular weight excluding hydrogens is 250 g/mol. The van der Waals surface area contributed by atoms with Crippen molar-refractivity contribution in [2.75, 3.05) is 18.1 Å². The van der Waals surface area contributed by atoms with Crippen molar-refractivity contribution in [3.8, 4) is 0 Å². The van der Waals surface area contributed by atoms with Crippen molar-refractivity contribution in [1.82, 2.24) is 4.98 Å². The molecule has 0 saturated carbocycles. The molecule has 0 aliphatic rings. The minimum Gasteiger partial charge on any atom is -0.396 e. The van der Waals surface area contributed by atoms with Crippen LogP contribution in [0.1, 0.15) is 25.8 Å². The van der Waals surface area contributed by atoms with Gasteiger partial charge in [-0.3, -0.25) is 4.98 Å². The maximum Gasteiger partial charge on any atom is 0.0723 e. The number of anilines is 1. The molecule has 0 aliphatic carbocycles. The van der Waals surface area contributed by atoms with Crippen LogP contribution in [0, 0.1) is 0 Å². The van der Waals surface area contributed by atoms with Crippen molar-refractivity contribution in [1.29, 1.82) is 0 Å². The minimum absolute atomic E-state index is 0.199. The number of rotatable bonds is 6. The van der Waals surface area contributed by atoms with Gasteiger partial charge < -0.3 is 15.7 Å². The number of aliphatic hydroxyl groups is 1. The van der Waals surface area contributed by atoms with Gasteiger partial charge in [0.25, 0.3) is 0 Å². The predicted octanol–water partition coefficient (Wildman–Crippen LogP) is 2.29. The molecule has 0 saturated heterocycles. The van der Waals surface area contributed by atoms with Crippen LogP contribution in [0.3, 0.4) is 0 Å². The lowest BCUT2D eigenvalue weighted by Crippen LogP contribution is -2.33. The topological polar surface area (TPSA) is 62.4 Å². The number of benzene rings is 1. The van der Waals surface area contributed by atoms with E-state index in [1.807, 2.05) is 24.4 Å².